The second-order valence-corrected chi connectivity index (χ2v) is 3.44. The molecule has 6 nitrogen and oxygen atoms in total. The number of aryl methyl sites for hydroxylation is 2. The molecule has 0 bridgehead atoms. The van der Waals surface area contributed by atoms with Crippen molar-refractivity contribution in [3.63, 3.8) is 0 Å². The molecule has 0 fully saturated rings. The normalized spacial score (nSPS) is 10.2. The van der Waals surface area contributed by atoms with E-state index in [0.717, 1.165) is 0 Å². The average molecular weight is 225 g/mol. The summed E-state index contributed by atoms with van der Waals surface area (Å²) in [6.07, 6.45) is 0.548. The molecule has 88 valence electrons. The maximum atomic E-state index is 11.6. The van der Waals surface area contributed by atoms with Gasteiger partial charge in [-0.2, -0.15) is 0 Å². The van der Waals surface area contributed by atoms with E-state index in [9.17, 15) is 9.59 Å². The number of carbonyl (C=O) groups excluding carboxylic acids is 1. The molecule has 1 aromatic rings. The second-order valence-electron chi connectivity index (χ2n) is 3.44. The highest BCUT2D eigenvalue weighted by atomic mass is 16.6. The summed E-state index contributed by atoms with van der Waals surface area (Å²) in [6, 6.07) is 0. The molecule has 0 aliphatic rings. The largest absolute Gasteiger partial charge is 0.311 e. The van der Waals surface area contributed by atoms with Crippen LogP contribution in [0.1, 0.15) is 23.5 Å². The van der Waals surface area contributed by atoms with Crippen LogP contribution in [0.25, 0.3) is 0 Å². The first kappa shape index (κ1) is 12.4. The summed E-state index contributed by atoms with van der Waals surface area (Å²) >= 11 is 0. The van der Waals surface area contributed by atoms with Crippen LogP contribution in [-0.4, -0.2) is 23.0 Å². The molecule has 0 spiro atoms. The van der Waals surface area contributed by atoms with Crippen molar-refractivity contribution in [2.24, 2.45) is 0 Å². The maximum Gasteiger partial charge on any atom is 0.254 e. The number of hydrogen-bond donors (Lipinski definition) is 2. The minimum absolute atomic E-state index is 0.185. The third-order valence-electron chi connectivity index (χ3n) is 2.16. The molecule has 1 heterocycles. The summed E-state index contributed by atoms with van der Waals surface area (Å²) in [5.74, 6) is 0.314. The lowest BCUT2D eigenvalue weighted by molar-refractivity contribution is -0.131. The molecule has 6 heteroatoms. The Hall–Kier alpha value is -1.69. The van der Waals surface area contributed by atoms with Gasteiger partial charge >= 0.3 is 0 Å². The average Bonchev–Trinajstić information content (AvgIpc) is 2.16. The molecular weight excluding hydrogens is 210 g/mol. The Bertz CT molecular complexity index is 439. The standard InChI is InChI=1S/C10H15N3O3/c1-6-8(4-5-9(14)13-16-3)10(15)12-7(2)11-6/h4-5H2,1-3H3,(H,13,14)(H,11,12,15). The molecule has 0 aliphatic carbocycles. The van der Waals surface area contributed by atoms with Crippen molar-refractivity contribution in [1.29, 1.82) is 0 Å². The topological polar surface area (TPSA) is 84.1 Å². The van der Waals surface area contributed by atoms with E-state index in [1.54, 1.807) is 13.8 Å². The van der Waals surface area contributed by atoms with Gasteiger partial charge in [-0.25, -0.2) is 10.5 Å². The molecule has 0 saturated heterocycles. The van der Waals surface area contributed by atoms with Crippen LogP contribution in [-0.2, 0) is 16.1 Å². The summed E-state index contributed by atoms with van der Waals surface area (Å²) < 4.78 is 0. The van der Waals surface area contributed by atoms with Crippen molar-refractivity contribution < 1.29 is 9.63 Å². The zero-order valence-corrected chi connectivity index (χ0v) is 9.59. The highest BCUT2D eigenvalue weighted by Gasteiger charge is 2.09. The first-order valence-corrected chi connectivity index (χ1v) is 4.92. The number of aromatic amines is 1. The van der Waals surface area contributed by atoms with Crippen LogP contribution < -0.4 is 11.0 Å². The van der Waals surface area contributed by atoms with Gasteiger partial charge in [0, 0.05) is 17.7 Å². The van der Waals surface area contributed by atoms with Gasteiger partial charge in [-0.05, 0) is 20.3 Å². The van der Waals surface area contributed by atoms with Crippen LogP contribution in [0.15, 0.2) is 4.79 Å². The van der Waals surface area contributed by atoms with Gasteiger partial charge in [0.05, 0.1) is 7.11 Å². The predicted octanol–water partition coefficient (Wildman–Crippen LogP) is -0.00306. The van der Waals surface area contributed by atoms with Crippen molar-refractivity contribution in [2.45, 2.75) is 26.7 Å². The Morgan fingerprint density at radius 2 is 2.19 bits per heavy atom. The van der Waals surface area contributed by atoms with Gasteiger partial charge in [0.2, 0.25) is 5.91 Å². The molecule has 0 aliphatic heterocycles. The van der Waals surface area contributed by atoms with Crippen LogP contribution in [0.3, 0.4) is 0 Å². The summed E-state index contributed by atoms with van der Waals surface area (Å²) in [5.41, 5.74) is 3.21. The van der Waals surface area contributed by atoms with Gasteiger partial charge in [0.15, 0.2) is 0 Å². The van der Waals surface area contributed by atoms with Crippen molar-refractivity contribution >= 4 is 5.91 Å². The van der Waals surface area contributed by atoms with Crippen molar-refractivity contribution in [2.75, 3.05) is 7.11 Å². The highest BCUT2D eigenvalue weighted by molar-refractivity contribution is 5.75. The molecule has 0 unspecified atom stereocenters. The number of rotatable bonds is 4. The fourth-order valence-corrected chi connectivity index (χ4v) is 1.45. The van der Waals surface area contributed by atoms with Crippen LogP contribution in [0.2, 0.25) is 0 Å². The van der Waals surface area contributed by atoms with Crippen molar-refractivity contribution in [1.82, 2.24) is 15.4 Å². The zero-order valence-electron chi connectivity index (χ0n) is 9.59. The maximum absolute atomic E-state index is 11.6. The summed E-state index contributed by atoms with van der Waals surface area (Å²) in [7, 11) is 1.36. The predicted molar refractivity (Wildman–Crippen MR) is 57.8 cm³/mol. The Balaban J connectivity index is 2.75. The zero-order chi connectivity index (χ0) is 12.1. The molecule has 0 saturated carbocycles. The highest BCUT2D eigenvalue weighted by Crippen LogP contribution is 2.02. The monoisotopic (exact) mass is 225 g/mol. The van der Waals surface area contributed by atoms with Gasteiger partial charge in [0.25, 0.3) is 5.56 Å². The number of carbonyl (C=O) groups is 1. The summed E-state index contributed by atoms with van der Waals surface area (Å²) in [6.45, 7) is 3.47. The van der Waals surface area contributed by atoms with Gasteiger partial charge in [-0.1, -0.05) is 0 Å². The van der Waals surface area contributed by atoms with E-state index in [4.69, 9.17) is 0 Å². The van der Waals surface area contributed by atoms with Crippen molar-refractivity contribution in [3.8, 4) is 0 Å². The van der Waals surface area contributed by atoms with E-state index in [0.29, 0.717) is 23.5 Å². The van der Waals surface area contributed by atoms with Crippen LogP contribution >= 0.6 is 0 Å². The Morgan fingerprint density at radius 3 is 2.75 bits per heavy atom. The smallest absolute Gasteiger partial charge is 0.254 e. The third-order valence-corrected chi connectivity index (χ3v) is 2.16. The molecule has 1 amide bonds. The van der Waals surface area contributed by atoms with E-state index in [-0.39, 0.29) is 17.9 Å². The third kappa shape index (κ3) is 3.16. The van der Waals surface area contributed by atoms with E-state index < -0.39 is 0 Å². The Labute approximate surface area is 93.0 Å². The van der Waals surface area contributed by atoms with Crippen molar-refractivity contribution in [3.05, 3.63) is 27.4 Å². The van der Waals surface area contributed by atoms with Crippen LogP contribution in [0, 0.1) is 13.8 Å². The SMILES string of the molecule is CONC(=O)CCc1c(C)nc(C)[nH]c1=O. The lowest BCUT2D eigenvalue weighted by Crippen LogP contribution is -2.24. The number of hydroxylamine groups is 1. The lowest BCUT2D eigenvalue weighted by Gasteiger charge is -2.05. The van der Waals surface area contributed by atoms with E-state index in [1.165, 1.54) is 7.11 Å². The van der Waals surface area contributed by atoms with Gasteiger partial charge in [0.1, 0.15) is 5.82 Å². The Kier molecular flexibility index (Phi) is 4.19. The van der Waals surface area contributed by atoms with Gasteiger partial charge < -0.3 is 4.98 Å². The number of nitrogens with one attached hydrogen (secondary N) is 2. The second kappa shape index (κ2) is 5.41. The number of nitrogens with zero attached hydrogens (tertiary/aromatic N) is 1. The molecule has 2 N–H and O–H groups in total. The molecule has 16 heavy (non-hydrogen) atoms. The van der Waals surface area contributed by atoms with Gasteiger partial charge in [-0.3, -0.25) is 14.4 Å². The minimum atomic E-state index is -0.262. The lowest BCUT2D eigenvalue weighted by atomic mass is 10.1. The number of aromatic nitrogens is 2. The summed E-state index contributed by atoms with van der Waals surface area (Å²) in [5, 5.41) is 0. The first-order chi connectivity index (χ1) is 7.54. The van der Waals surface area contributed by atoms with Crippen LogP contribution in [0.5, 0.6) is 0 Å². The Morgan fingerprint density at radius 1 is 1.50 bits per heavy atom. The minimum Gasteiger partial charge on any atom is -0.311 e. The van der Waals surface area contributed by atoms with Crippen LogP contribution in [0.4, 0.5) is 0 Å². The number of amides is 1. The molecule has 0 atom stereocenters. The van der Waals surface area contributed by atoms with E-state index in [2.05, 4.69) is 20.3 Å². The number of hydrogen-bond acceptors (Lipinski definition) is 4. The molecule has 0 radical (unpaired) electrons. The molecule has 1 aromatic heterocycles. The first-order valence-electron chi connectivity index (χ1n) is 4.92. The van der Waals surface area contributed by atoms with Gasteiger partial charge in [-0.15, -0.1) is 0 Å². The quantitative estimate of drug-likeness (QED) is 0.706. The summed E-state index contributed by atoms with van der Waals surface area (Å²) in [4.78, 5) is 33.9. The molecular formula is C10H15N3O3. The molecule has 1 rings (SSSR count). The molecule has 0 aromatic carbocycles. The fraction of sp³-hybridized carbons (Fsp3) is 0.500. The number of H-pyrrole nitrogens is 1. The van der Waals surface area contributed by atoms with E-state index in [1.807, 2.05) is 0 Å². The van der Waals surface area contributed by atoms with E-state index >= 15 is 0 Å². The fourth-order valence-electron chi connectivity index (χ4n) is 1.45.